The number of unbranched alkanes of at least 4 members (excludes halogenated alkanes) is 1. The molecular formula is C19H26N6O2S. The summed E-state index contributed by atoms with van der Waals surface area (Å²) in [6.45, 7) is 5.62. The summed E-state index contributed by atoms with van der Waals surface area (Å²) in [6, 6.07) is 3.73. The molecule has 1 aliphatic carbocycles. The van der Waals surface area contributed by atoms with E-state index in [1.165, 1.54) is 18.1 Å². The van der Waals surface area contributed by atoms with Gasteiger partial charge in [-0.1, -0.05) is 25.1 Å². The van der Waals surface area contributed by atoms with Gasteiger partial charge in [-0.2, -0.15) is 5.10 Å². The Labute approximate surface area is 169 Å². The Morgan fingerprint density at radius 3 is 2.86 bits per heavy atom. The van der Waals surface area contributed by atoms with Crippen LogP contribution in [0.4, 0.5) is 0 Å². The lowest BCUT2D eigenvalue weighted by molar-refractivity contribution is -0.128. The van der Waals surface area contributed by atoms with Gasteiger partial charge in [0.15, 0.2) is 11.5 Å². The lowest BCUT2D eigenvalue weighted by Gasteiger charge is -2.20. The Balaban J connectivity index is 1.60. The van der Waals surface area contributed by atoms with Crippen molar-refractivity contribution in [2.24, 2.45) is 0 Å². The molecule has 0 aliphatic heterocycles. The van der Waals surface area contributed by atoms with Crippen LogP contribution in [0.3, 0.4) is 0 Å². The number of thioether (sulfide) groups is 1. The highest BCUT2D eigenvalue weighted by Crippen LogP contribution is 2.20. The van der Waals surface area contributed by atoms with Crippen LogP contribution in [0.1, 0.15) is 50.0 Å². The molecule has 150 valence electrons. The molecule has 28 heavy (non-hydrogen) atoms. The summed E-state index contributed by atoms with van der Waals surface area (Å²) in [6.07, 6.45) is 7.29. The van der Waals surface area contributed by atoms with Gasteiger partial charge in [-0.25, -0.2) is 14.6 Å². The van der Waals surface area contributed by atoms with Crippen LogP contribution < -0.4 is 5.32 Å². The molecule has 2 heterocycles. The van der Waals surface area contributed by atoms with Crippen molar-refractivity contribution in [1.82, 2.24) is 30.0 Å². The number of amides is 2. The zero-order chi connectivity index (χ0) is 19.9. The van der Waals surface area contributed by atoms with Crippen LogP contribution in [0.5, 0.6) is 0 Å². The normalized spacial score (nSPS) is 13.4. The van der Waals surface area contributed by atoms with Gasteiger partial charge in [0.05, 0.1) is 5.75 Å². The van der Waals surface area contributed by atoms with Crippen LogP contribution in [-0.2, 0) is 4.79 Å². The maximum Gasteiger partial charge on any atom is 0.272 e. The van der Waals surface area contributed by atoms with Crippen molar-refractivity contribution in [3.8, 4) is 5.82 Å². The van der Waals surface area contributed by atoms with Crippen LogP contribution in [-0.4, -0.2) is 61.3 Å². The predicted molar refractivity (Wildman–Crippen MR) is 108 cm³/mol. The van der Waals surface area contributed by atoms with E-state index in [0.29, 0.717) is 28.8 Å². The zero-order valence-corrected chi connectivity index (χ0v) is 17.1. The summed E-state index contributed by atoms with van der Waals surface area (Å²) in [5.74, 6) is 0.845. The summed E-state index contributed by atoms with van der Waals surface area (Å²) in [7, 11) is 0. The first-order chi connectivity index (χ1) is 13.6. The smallest absolute Gasteiger partial charge is 0.272 e. The van der Waals surface area contributed by atoms with Gasteiger partial charge in [0.1, 0.15) is 11.4 Å². The van der Waals surface area contributed by atoms with E-state index in [1.54, 1.807) is 23.0 Å². The zero-order valence-electron chi connectivity index (χ0n) is 16.3. The van der Waals surface area contributed by atoms with E-state index in [4.69, 9.17) is 0 Å². The first-order valence-electron chi connectivity index (χ1n) is 9.70. The van der Waals surface area contributed by atoms with E-state index in [1.807, 2.05) is 11.8 Å². The van der Waals surface area contributed by atoms with E-state index < -0.39 is 0 Å². The Morgan fingerprint density at radius 1 is 1.32 bits per heavy atom. The van der Waals surface area contributed by atoms with Gasteiger partial charge in [-0.3, -0.25) is 9.59 Å². The molecule has 0 atom stereocenters. The fraction of sp³-hybridized carbons (Fsp3) is 0.526. The molecule has 1 aliphatic rings. The summed E-state index contributed by atoms with van der Waals surface area (Å²) >= 11 is 1.38. The highest BCUT2D eigenvalue weighted by Gasteiger charge is 2.24. The molecular weight excluding hydrogens is 376 g/mol. The monoisotopic (exact) mass is 402 g/mol. The van der Waals surface area contributed by atoms with Crippen molar-refractivity contribution in [1.29, 1.82) is 0 Å². The number of hydrogen-bond acceptors (Lipinski definition) is 6. The third kappa shape index (κ3) is 5.54. The molecule has 3 rings (SSSR count). The minimum absolute atomic E-state index is 0.110. The molecule has 2 aromatic rings. The second-order valence-corrected chi connectivity index (χ2v) is 7.72. The van der Waals surface area contributed by atoms with Crippen LogP contribution >= 0.6 is 11.8 Å². The van der Waals surface area contributed by atoms with E-state index in [2.05, 4.69) is 27.3 Å². The number of hydrogen-bond donors (Lipinski definition) is 1. The topological polar surface area (TPSA) is 93.0 Å². The van der Waals surface area contributed by atoms with Crippen LogP contribution in [0.15, 0.2) is 29.7 Å². The van der Waals surface area contributed by atoms with Crippen molar-refractivity contribution in [2.45, 2.75) is 50.6 Å². The molecule has 0 unspecified atom stereocenters. The van der Waals surface area contributed by atoms with Gasteiger partial charge in [-0.05, 0) is 32.3 Å². The summed E-state index contributed by atoms with van der Waals surface area (Å²) in [4.78, 5) is 34.8. The molecule has 0 spiro atoms. The van der Waals surface area contributed by atoms with Crippen molar-refractivity contribution >= 4 is 23.6 Å². The molecule has 0 aromatic carbocycles. The number of carbonyl (C=O) groups excluding carboxylic acids is 2. The second-order valence-electron chi connectivity index (χ2n) is 6.72. The van der Waals surface area contributed by atoms with Gasteiger partial charge >= 0.3 is 0 Å². The number of nitrogens with zero attached hydrogens (tertiary/aromatic N) is 5. The highest BCUT2D eigenvalue weighted by atomic mass is 32.2. The minimum atomic E-state index is -0.165. The van der Waals surface area contributed by atoms with Gasteiger partial charge in [0, 0.05) is 31.4 Å². The Morgan fingerprint density at radius 2 is 2.14 bits per heavy atom. The SMILES string of the molecule is CCCCN(CC)C(=O)CSc1cc(-n2ccc(C(=O)NC3CC3)n2)ncn1. The Bertz CT molecular complexity index is 820. The van der Waals surface area contributed by atoms with Gasteiger partial charge < -0.3 is 10.2 Å². The predicted octanol–water partition coefficient (Wildman–Crippen LogP) is 2.30. The van der Waals surface area contributed by atoms with E-state index in [-0.39, 0.29) is 17.9 Å². The van der Waals surface area contributed by atoms with E-state index in [0.717, 1.165) is 32.2 Å². The summed E-state index contributed by atoms with van der Waals surface area (Å²) in [5, 5.41) is 7.92. The molecule has 0 saturated heterocycles. The fourth-order valence-corrected chi connectivity index (χ4v) is 3.39. The molecule has 8 nitrogen and oxygen atoms in total. The first kappa shape index (κ1) is 20.3. The van der Waals surface area contributed by atoms with Crippen molar-refractivity contribution in [3.05, 3.63) is 30.4 Å². The van der Waals surface area contributed by atoms with E-state index >= 15 is 0 Å². The maximum atomic E-state index is 12.4. The highest BCUT2D eigenvalue weighted by molar-refractivity contribution is 7.99. The van der Waals surface area contributed by atoms with Gasteiger partial charge in [-0.15, -0.1) is 0 Å². The molecule has 1 N–H and O–H groups in total. The fourth-order valence-electron chi connectivity index (χ4n) is 2.63. The molecule has 2 aromatic heterocycles. The number of nitrogens with one attached hydrogen (secondary N) is 1. The summed E-state index contributed by atoms with van der Waals surface area (Å²) < 4.78 is 1.55. The standard InChI is InChI=1S/C19H26N6O2S/c1-3-5-9-24(4-2)18(26)12-28-17-11-16(20-13-21-17)25-10-8-15(23-25)19(27)22-14-6-7-14/h8,10-11,13-14H,3-7,9,12H2,1-2H3,(H,22,27). The molecule has 9 heteroatoms. The number of rotatable bonds is 10. The average Bonchev–Trinajstić information content (AvgIpc) is 3.38. The Hall–Kier alpha value is -2.42. The number of aromatic nitrogens is 4. The molecule has 1 saturated carbocycles. The summed E-state index contributed by atoms with van der Waals surface area (Å²) in [5.41, 5.74) is 0.365. The van der Waals surface area contributed by atoms with Crippen LogP contribution in [0, 0.1) is 0 Å². The number of carbonyl (C=O) groups is 2. The van der Waals surface area contributed by atoms with Crippen LogP contribution in [0.2, 0.25) is 0 Å². The van der Waals surface area contributed by atoms with Crippen LogP contribution in [0.25, 0.3) is 5.82 Å². The largest absolute Gasteiger partial charge is 0.348 e. The minimum Gasteiger partial charge on any atom is -0.348 e. The lowest BCUT2D eigenvalue weighted by Crippen LogP contribution is -2.33. The van der Waals surface area contributed by atoms with Crippen molar-refractivity contribution in [3.63, 3.8) is 0 Å². The quantitative estimate of drug-likeness (QED) is 0.484. The van der Waals surface area contributed by atoms with E-state index in [9.17, 15) is 9.59 Å². The van der Waals surface area contributed by atoms with Gasteiger partial charge in [0.2, 0.25) is 5.91 Å². The molecule has 2 amide bonds. The molecule has 1 fully saturated rings. The van der Waals surface area contributed by atoms with Crippen molar-refractivity contribution < 1.29 is 9.59 Å². The van der Waals surface area contributed by atoms with Gasteiger partial charge in [0.25, 0.3) is 5.91 Å². The van der Waals surface area contributed by atoms with Crippen molar-refractivity contribution in [2.75, 3.05) is 18.8 Å². The molecule has 0 radical (unpaired) electrons. The molecule has 0 bridgehead atoms. The Kier molecular flexibility index (Phi) is 7.02. The lowest BCUT2D eigenvalue weighted by atomic mass is 10.3. The third-order valence-electron chi connectivity index (χ3n) is 4.46. The second kappa shape index (κ2) is 9.68. The maximum absolute atomic E-state index is 12.4. The first-order valence-corrected chi connectivity index (χ1v) is 10.7. The average molecular weight is 403 g/mol. The third-order valence-corrected chi connectivity index (χ3v) is 5.37.